The molecule has 0 aliphatic rings. The van der Waals surface area contributed by atoms with Crippen LogP contribution in [-0.4, -0.2) is 31.3 Å². The van der Waals surface area contributed by atoms with Gasteiger partial charge in [-0.1, -0.05) is 12.1 Å². The molecule has 0 atom stereocenters. The molecule has 0 amide bonds. The van der Waals surface area contributed by atoms with Crippen LogP contribution in [0.1, 0.15) is 0 Å². The lowest BCUT2D eigenvalue weighted by Crippen LogP contribution is -2.06. The molecule has 1 rings (SSSR count). The van der Waals surface area contributed by atoms with Crippen LogP contribution in [0.15, 0.2) is 29.2 Å². The Kier molecular flexibility index (Phi) is 4.04. The van der Waals surface area contributed by atoms with Crippen molar-refractivity contribution in [3.05, 3.63) is 24.3 Å². The molecule has 0 aliphatic heterocycles. The molecular formula is C8H10O6S. The minimum Gasteiger partial charge on any atom is -0.394 e. The summed E-state index contributed by atoms with van der Waals surface area (Å²) < 4.78 is 30.5. The molecule has 0 unspecified atom stereocenters. The minimum atomic E-state index is -4.34. The van der Waals surface area contributed by atoms with Crippen LogP contribution in [0.4, 0.5) is 0 Å². The SMILES string of the molecule is O=S(=O)(O)c1ccccc1OOCCO. The summed E-state index contributed by atoms with van der Waals surface area (Å²) in [6.07, 6.45) is 0. The molecular weight excluding hydrogens is 224 g/mol. The Morgan fingerprint density at radius 3 is 2.53 bits per heavy atom. The summed E-state index contributed by atoms with van der Waals surface area (Å²) >= 11 is 0. The molecule has 0 bridgehead atoms. The molecule has 0 spiro atoms. The van der Waals surface area contributed by atoms with Crippen LogP contribution >= 0.6 is 0 Å². The first-order valence-electron chi connectivity index (χ1n) is 4.02. The quantitative estimate of drug-likeness (QED) is 0.328. The monoisotopic (exact) mass is 234 g/mol. The maximum absolute atomic E-state index is 10.9. The van der Waals surface area contributed by atoms with Gasteiger partial charge in [-0.05, 0) is 12.1 Å². The second kappa shape index (κ2) is 5.08. The first kappa shape index (κ1) is 11.9. The number of hydrogen-bond donors (Lipinski definition) is 2. The van der Waals surface area contributed by atoms with Gasteiger partial charge in [-0.3, -0.25) is 4.55 Å². The molecule has 6 nitrogen and oxygen atoms in total. The molecule has 0 saturated heterocycles. The highest BCUT2D eigenvalue weighted by atomic mass is 32.2. The molecule has 0 aliphatic carbocycles. The summed E-state index contributed by atoms with van der Waals surface area (Å²) in [5, 5.41) is 8.40. The molecule has 0 fully saturated rings. The predicted molar refractivity (Wildman–Crippen MR) is 49.9 cm³/mol. The van der Waals surface area contributed by atoms with Crippen LogP contribution in [0, 0.1) is 0 Å². The zero-order valence-electron chi connectivity index (χ0n) is 7.66. The van der Waals surface area contributed by atoms with Crippen molar-refractivity contribution in [2.24, 2.45) is 0 Å². The van der Waals surface area contributed by atoms with Crippen LogP contribution in [0.25, 0.3) is 0 Å². The summed E-state index contributed by atoms with van der Waals surface area (Å²) in [5.41, 5.74) is 0. The van der Waals surface area contributed by atoms with Crippen LogP contribution in [0.3, 0.4) is 0 Å². The molecule has 7 heteroatoms. The van der Waals surface area contributed by atoms with E-state index in [1.807, 2.05) is 0 Å². The predicted octanol–water partition coefficient (Wildman–Crippen LogP) is 0.236. The van der Waals surface area contributed by atoms with Crippen LogP contribution in [-0.2, 0) is 15.0 Å². The van der Waals surface area contributed by atoms with Gasteiger partial charge in [0.15, 0.2) is 5.75 Å². The largest absolute Gasteiger partial charge is 0.394 e. The summed E-state index contributed by atoms with van der Waals surface area (Å²) in [6.45, 7) is -0.353. The maximum Gasteiger partial charge on any atom is 0.298 e. The smallest absolute Gasteiger partial charge is 0.298 e. The maximum atomic E-state index is 10.9. The first-order chi connectivity index (χ1) is 7.05. The fourth-order valence-electron chi connectivity index (χ4n) is 0.875. The topological polar surface area (TPSA) is 93.1 Å². The average molecular weight is 234 g/mol. The molecule has 0 saturated carbocycles. The molecule has 0 radical (unpaired) electrons. The van der Waals surface area contributed by atoms with E-state index in [2.05, 4.69) is 9.78 Å². The second-order valence-corrected chi connectivity index (χ2v) is 3.94. The zero-order chi connectivity index (χ0) is 11.3. The number of aliphatic hydroxyl groups excluding tert-OH is 1. The van der Waals surface area contributed by atoms with Gasteiger partial charge in [-0.15, -0.1) is 0 Å². The van der Waals surface area contributed by atoms with Gasteiger partial charge in [-0.25, -0.2) is 0 Å². The first-order valence-corrected chi connectivity index (χ1v) is 5.46. The molecule has 2 N–H and O–H groups in total. The molecule has 1 aromatic carbocycles. The number of aliphatic hydroxyl groups is 1. The standard InChI is InChI=1S/C8H10O6S/c9-5-6-13-14-7-3-1-2-4-8(7)15(10,11)12/h1-4,9H,5-6H2,(H,10,11,12). The molecule has 1 aromatic rings. The lowest BCUT2D eigenvalue weighted by atomic mass is 10.3. The molecule has 0 aromatic heterocycles. The van der Waals surface area contributed by atoms with Gasteiger partial charge in [0, 0.05) is 0 Å². The van der Waals surface area contributed by atoms with Crippen molar-refractivity contribution >= 4 is 10.1 Å². The zero-order valence-corrected chi connectivity index (χ0v) is 8.48. The van der Waals surface area contributed by atoms with E-state index in [0.717, 1.165) is 0 Å². The van der Waals surface area contributed by atoms with Crippen molar-refractivity contribution in [3.8, 4) is 5.75 Å². The normalized spacial score (nSPS) is 11.3. The average Bonchev–Trinajstić information content (AvgIpc) is 2.17. The van der Waals surface area contributed by atoms with Crippen molar-refractivity contribution in [1.82, 2.24) is 0 Å². The fraction of sp³-hybridized carbons (Fsp3) is 0.250. The molecule has 0 heterocycles. The summed E-state index contributed by atoms with van der Waals surface area (Å²) in [4.78, 5) is 8.70. The fourth-order valence-corrected chi connectivity index (χ4v) is 1.48. The third-order valence-corrected chi connectivity index (χ3v) is 2.34. The highest BCUT2D eigenvalue weighted by Crippen LogP contribution is 2.22. The Labute approximate surface area is 86.7 Å². The number of para-hydroxylation sites is 1. The van der Waals surface area contributed by atoms with E-state index in [0.29, 0.717) is 0 Å². The lowest BCUT2D eigenvalue weighted by molar-refractivity contribution is -0.214. The van der Waals surface area contributed by atoms with Crippen molar-refractivity contribution in [3.63, 3.8) is 0 Å². The van der Waals surface area contributed by atoms with Gasteiger partial charge >= 0.3 is 0 Å². The van der Waals surface area contributed by atoms with E-state index in [-0.39, 0.29) is 23.9 Å². The van der Waals surface area contributed by atoms with Crippen LogP contribution < -0.4 is 4.89 Å². The third kappa shape index (κ3) is 3.48. The van der Waals surface area contributed by atoms with E-state index in [1.54, 1.807) is 0 Å². The Morgan fingerprint density at radius 1 is 1.27 bits per heavy atom. The van der Waals surface area contributed by atoms with Gasteiger partial charge < -0.3 is 9.99 Å². The molecule has 84 valence electrons. The van der Waals surface area contributed by atoms with Crippen LogP contribution in [0.2, 0.25) is 0 Å². The second-order valence-electron chi connectivity index (χ2n) is 2.55. The Hall–Kier alpha value is -1.15. The third-order valence-electron chi connectivity index (χ3n) is 1.45. The van der Waals surface area contributed by atoms with Gasteiger partial charge in [0.1, 0.15) is 11.5 Å². The summed E-state index contributed by atoms with van der Waals surface area (Å²) in [6, 6.07) is 5.45. The minimum absolute atomic E-state index is 0.0974. The number of rotatable bonds is 5. The van der Waals surface area contributed by atoms with E-state index in [4.69, 9.17) is 9.66 Å². The summed E-state index contributed by atoms with van der Waals surface area (Å²) in [5.74, 6) is -0.131. The van der Waals surface area contributed by atoms with Gasteiger partial charge in [0.25, 0.3) is 10.1 Å². The number of hydrogen-bond acceptors (Lipinski definition) is 5. The van der Waals surface area contributed by atoms with E-state index in [9.17, 15) is 8.42 Å². The Balaban J connectivity index is 2.88. The van der Waals surface area contributed by atoms with Gasteiger partial charge in [0.2, 0.25) is 0 Å². The van der Waals surface area contributed by atoms with Gasteiger partial charge in [-0.2, -0.15) is 13.3 Å². The Bertz CT molecular complexity index is 413. The van der Waals surface area contributed by atoms with E-state index < -0.39 is 10.1 Å². The molecule has 15 heavy (non-hydrogen) atoms. The van der Waals surface area contributed by atoms with Crippen molar-refractivity contribution in [1.29, 1.82) is 0 Å². The highest BCUT2D eigenvalue weighted by Gasteiger charge is 2.16. The summed E-state index contributed by atoms with van der Waals surface area (Å²) in [7, 11) is -4.34. The number of benzene rings is 1. The highest BCUT2D eigenvalue weighted by molar-refractivity contribution is 7.86. The van der Waals surface area contributed by atoms with Crippen molar-refractivity contribution < 1.29 is 27.9 Å². The lowest BCUT2D eigenvalue weighted by Gasteiger charge is -2.06. The van der Waals surface area contributed by atoms with E-state index >= 15 is 0 Å². The van der Waals surface area contributed by atoms with Crippen LogP contribution in [0.5, 0.6) is 5.75 Å². The van der Waals surface area contributed by atoms with Gasteiger partial charge in [0.05, 0.1) is 6.61 Å². The Morgan fingerprint density at radius 2 is 1.93 bits per heavy atom. The van der Waals surface area contributed by atoms with E-state index in [1.165, 1.54) is 24.3 Å². The van der Waals surface area contributed by atoms with Crippen molar-refractivity contribution in [2.45, 2.75) is 4.90 Å². The van der Waals surface area contributed by atoms with Crippen molar-refractivity contribution in [2.75, 3.05) is 13.2 Å².